The van der Waals surface area contributed by atoms with E-state index in [-0.39, 0.29) is 17.5 Å². The van der Waals surface area contributed by atoms with E-state index in [1.807, 2.05) is 24.3 Å². The van der Waals surface area contributed by atoms with Crippen molar-refractivity contribution in [3.05, 3.63) is 34.3 Å². The molecule has 0 saturated carbocycles. The first-order valence-corrected chi connectivity index (χ1v) is 10.2. The van der Waals surface area contributed by atoms with Crippen molar-refractivity contribution < 1.29 is 8.42 Å². The lowest BCUT2D eigenvalue weighted by atomic mass is 9.82. The van der Waals surface area contributed by atoms with Gasteiger partial charge >= 0.3 is 0 Å². The summed E-state index contributed by atoms with van der Waals surface area (Å²) in [7, 11) is -3.19. The monoisotopic (exact) mass is 414 g/mol. The van der Waals surface area contributed by atoms with Gasteiger partial charge in [0.05, 0.1) is 10.5 Å². The molecular formula is C15H21BrCl2O2S. The van der Waals surface area contributed by atoms with E-state index in [4.69, 9.17) is 23.2 Å². The maximum absolute atomic E-state index is 12.3. The normalized spacial score (nSPS) is 13.4. The van der Waals surface area contributed by atoms with Crippen molar-refractivity contribution in [2.45, 2.75) is 37.4 Å². The second-order valence-corrected chi connectivity index (χ2v) is 10.5. The van der Waals surface area contributed by atoms with E-state index >= 15 is 0 Å². The number of hydrogen-bond acceptors (Lipinski definition) is 2. The van der Waals surface area contributed by atoms with E-state index in [1.54, 1.807) is 20.8 Å². The zero-order valence-corrected chi connectivity index (χ0v) is 16.4. The Hall–Kier alpha value is 0.230. The van der Waals surface area contributed by atoms with Gasteiger partial charge in [-0.15, -0.1) is 23.2 Å². The Morgan fingerprint density at radius 3 is 1.90 bits per heavy atom. The average Bonchev–Trinajstić information content (AvgIpc) is 2.41. The zero-order chi connectivity index (χ0) is 16.3. The molecule has 0 heterocycles. The van der Waals surface area contributed by atoms with E-state index < -0.39 is 20.0 Å². The lowest BCUT2D eigenvalue weighted by Gasteiger charge is -2.31. The summed E-state index contributed by atoms with van der Waals surface area (Å²) in [5.41, 5.74) is 0.446. The van der Waals surface area contributed by atoms with Gasteiger partial charge in [0.2, 0.25) is 0 Å². The first-order valence-electron chi connectivity index (χ1n) is 6.68. The molecule has 0 atom stereocenters. The third-order valence-electron chi connectivity index (χ3n) is 3.75. The molecule has 21 heavy (non-hydrogen) atoms. The SMILES string of the molecule is CC(C)(C)S(=O)(=O)CCC(CCl)(CCl)c1ccc(Br)cc1. The molecule has 1 aromatic rings. The van der Waals surface area contributed by atoms with Crippen LogP contribution in [0.1, 0.15) is 32.8 Å². The van der Waals surface area contributed by atoms with Crippen LogP contribution in [0.5, 0.6) is 0 Å². The van der Waals surface area contributed by atoms with E-state index in [0.717, 1.165) is 10.0 Å². The summed E-state index contributed by atoms with van der Waals surface area (Å²) >= 11 is 15.7. The minimum absolute atomic E-state index is 0.0754. The highest BCUT2D eigenvalue weighted by Gasteiger charge is 2.36. The molecule has 0 fully saturated rings. The van der Waals surface area contributed by atoms with Gasteiger partial charge in [-0.25, -0.2) is 8.42 Å². The molecule has 2 nitrogen and oxygen atoms in total. The molecule has 120 valence electrons. The van der Waals surface area contributed by atoms with E-state index in [1.165, 1.54) is 0 Å². The molecule has 0 unspecified atom stereocenters. The lowest BCUT2D eigenvalue weighted by Crippen LogP contribution is -2.37. The van der Waals surface area contributed by atoms with Crippen molar-refractivity contribution >= 4 is 49.0 Å². The van der Waals surface area contributed by atoms with Gasteiger partial charge in [0.25, 0.3) is 0 Å². The molecule has 0 aliphatic rings. The number of alkyl halides is 2. The Labute approximate surface area is 146 Å². The molecule has 0 aromatic heterocycles. The molecule has 1 aromatic carbocycles. The average molecular weight is 416 g/mol. The summed E-state index contributed by atoms with van der Waals surface area (Å²) in [5, 5.41) is 0. The summed E-state index contributed by atoms with van der Waals surface area (Å²) in [6, 6.07) is 7.72. The van der Waals surface area contributed by atoms with Crippen LogP contribution in [-0.2, 0) is 15.3 Å². The Kier molecular flexibility index (Phi) is 6.61. The van der Waals surface area contributed by atoms with Crippen LogP contribution in [0, 0.1) is 0 Å². The van der Waals surface area contributed by atoms with Crippen LogP contribution in [0.3, 0.4) is 0 Å². The second kappa shape index (κ2) is 7.20. The first-order chi connectivity index (χ1) is 9.58. The van der Waals surface area contributed by atoms with Crippen molar-refractivity contribution in [3.8, 4) is 0 Å². The van der Waals surface area contributed by atoms with Crippen molar-refractivity contribution in [3.63, 3.8) is 0 Å². The summed E-state index contributed by atoms with van der Waals surface area (Å²) in [4.78, 5) is 0. The van der Waals surface area contributed by atoms with Crippen molar-refractivity contribution in [2.24, 2.45) is 0 Å². The van der Waals surface area contributed by atoms with Crippen LogP contribution in [0.4, 0.5) is 0 Å². The lowest BCUT2D eigenvalue weighted by molar-refractivity contribution is 0.502. The van der Waals surface area contributed by atoms with Crippen LogP contribution < -0.4 is 0 Å². The quantitative estimate of drug-likeness (QED) is 0.627. The number of halogens is 3. The third-order valence-corrected chi connectivity index (χ3v) is 7.91. The maximum Gasteiger partial charge on any atom is 0.155 e. The fraction of sp³-hybridized carbons (Fsp3) is 0.600. The topological polar surface area (TPSA) is 34.1 Å². The fourth-order valence-electron chi connectivity index (χ4n) is 1.91. The predicted octanol–water partition coefficient (Wildman–Crippen LogP) is 4.77. The van der Waals surface area contributed by atoms with Gasteiger partial charge in [0, 0.05) is 21.6 Å². The highest BCUT2D eigenvalue weighted by molar-refractivity contribution is 9.10. The zero-order valence-electron chi connectivity index (χ0n) is 12.5. The molecule has 0 amide bonds. The highest BCUT2D eigenvalue weighted by Crippen LogP contribution is 2.33. The van der Waals surface area contributed by atoms with Crippen molar-refractivity contribution in [1.29, 1.82) is 0 Å². The van der Waals surface area contributed by atoms with Crippen LogP contribution in [0.25, 0.3) is 0 Å². The van der Waals surface area contributed by atoms with Crippen LogP contribution in [-0.4, -0.2) is 30.7 Å². The van der Waals surface area contributed by atoms with Crippen LogP contribution in [0.15, 0.2) is 28.7 Å². The van der Waals surface area contributed by atoms with Gasteiger partial charge in [-0.3, -0.25) is 0 Å². The van der Waals surface area contributed by atoms with Crippen LogP contribution >= 0.6 is 39.1 Å². The number of sulfone groups is 1. The molecule has 1 rings (SSSR count). The Morgan fingerprint density at radius 1 is 1.05 bits per heavy atom. The fourth-order valence-corrected chi connectivity index (χ4v) is 4.31. The molecule has 0 radical (unpaired) electrons. The van der Waals surface area contributed by atoms with E-state index in [2.05, 4.69) is 15.9 Å². The van der Waals surface area contributed by atoms with Crippen LogP contribution in [0.2, 0.25) is 0 Å². The molecular weight excluding hydrogens is 395 g/mol. The van der Waals surface area contributed by atoms with Crippen molar-refractivity contribution in [2.75, 3.05) is 17.5 Å². The summed E-state index contributed by atoms with van der Waals surface area (Å²) in [6.45, 7) is 5.14. The largest absolute Gasteiger partial charge is 0.228 e. The number of hydrogen-bond donors (Lipinski definition) is 0. The maximum atomic E-state index is 12.3. The molecule has 0 spiro atoms. The van der Waals surface area contributed by atoms with Gasteiger partial charge in [0.1, 0.15) is 0 Å². The molecule has 0 aliphatic carbocycles. The molecule has 0 saturated heterocycles. The molecule has 6 heteroatoms. The standard InChI is InChI=1S/C15H21BrCl2O2S/c1-14(2,3)21(19,20)9-8-15(10-17,11-18)12-4-6-13(16)7-5-12/h4-7H,8-11H2,1-3H3. The third kappa shape index (κ3) is 4.60. The summed E-state index contributed by atoms with van der Waals surface area (Å²) in [5.74, 6) is 0.654. The number of benzene rings is 1. The molecule has 0 bridgehead atoms. The Bertz CT molecular complexity index is 558. The molecule has 0 aliphatic heterocycles. The Balaban J connectivity index is 3.05. The van der Waals surface area contributed by atoms with Crippen molar-refractivity contribution in [1.82, 2.24) is 0 Å². The summed E-state index contributed by atoms with van der Waals surface area (Å²) < 4.78 is 24.8. The van der Waals surface area contributed by atoms with E-state index in [0.29, 0.717) is 6.42 Å². The predicted molar refractivity (Wildman–Crippen MR) is 95.4 cm³/mol. The van der Waals surface area contributed by atoms with E-state index in [9.17, 15) is 8.42 Å². The molecule has 0 N–H and O–H groups in total. The van der Waals surface area contributed by atoms with Gasteiger partial charge < -0.3 is 0 Å². The summed E-state index contributed by atoms with van der Waals surface area (Å²) in [6.07, 6.45) is 0.418. The van der Waals surface area contributed by atoms with Gasteiger partial charge in [-0.2, -0.15) is 0 Å². The van der Waals surface area contributed by atoms with Gasteiger partial charge in [-0.1, -0.05) is 28.1 Å². The Morgan fingerprint density at radius 2 is 1.52 bits per heavy atom. The number of rotatable bonds is 6. The van der Waals surface area contributed by atoms with Gasteiger partial charge in [0.15, 0.2) is 9.84 Å². The second-order valence-electron chi connectivity index (χ2n) is 6.24. The minimum Gasteiger partial charge on any atom is -0.228 e. The highest BCUT2D eigenvalue weighted by atomic mass is 79.9. The smallest absolute Gasteiger partial charge is 0.155 e. The van der Waals surface area contributed by atoms with Gasteiger partial charge in [-0.05, 0) is 44.9 Å². The first kappa shape index (κ1) is 19.3. The minimum atomic E-state index is -3.19.